The number of hydrogen-bond acceptors (Lipinski definition) is 9. The molecule has 1 N–H and O–H groups in total. The highest BCUT2D eigenvalue weighted by atomic mass is 32.1. The number of carbonyl (C=O) groups is 1. The van der Waals surface area contributed by atoms with Crippen molar-refractivity contribution in [1.82, 2.24) is 9.97 Å². The topological polar surface area (TPSA) is 131 Å². The van der Waals surface area contributed by atoms with Crippen LogP contribution in [0.3, 0.4) is 0 Å². The second-order valence-electron chi connectivity index (χ2n) is 6.31. The Bertz CT molecular complexity index is 1340. The summed E-state index contributed by atoms with van der Waals surface area (Å²) in [5.74, 6) is -0.210. The Morgan fingerprint density at radius 2 is 2.16 bits per heavy atom. The van der Waals surface area contributed by atoms with Gasteiger partial charge in [0.05, 0.1) is 20.7 Å². The van der Waals surface area contributed by atoms with Gasteiger partial charge in [-0.3, -0.25) is 20.2 Å². The third kappa shape index (κ3) is 4.77. The summed E-state index contributed by atoms with van der Waals surface area (Å²) in [6.45, 7) is -0.332. The van der Waals surface area contributed by atoms with Crippen molar-refractivity contribution >= 4 is 61.3 Å². The van der Waals surface area contributed by atoms with Gasteiger partial charge >= 0.3 is 0 Å². The van der Waals surface area contributed by atoms with Gasteiger partial charge in [0.2, 0.25) is 0 Å². The third-order valence-electron chi connectivity index (χ3n) is 4.19. The average molecular weight is 464 g/mol. The molecule has 4 aromatic rings. The molecule has 4 rings (SSSR count). The molecule has 0 spiro atoms. The minimum atomic E-state index is -0.542. The number of thiazole rings is 2. The number of nitro groups is 1. The number of amides is 1. The number of carbonyl (C=O) groups excluding carboxylic acids is 1. The first kappa shape index (κ1) is 21.1. The minimum Gasteiger partial charge on any atom is -0.483 e. The molecule has 2 aromatic carbocycles. The highest BCUT2D eigenvalue weighted by molar-refractivity contribution is 7.19. The smallest absolute Gasteiger partial charge is 0.270 e. The normalized spacial score (nSPS) is 11.2. The van der Waals surface area contributed by atoms with Crippen LogP contribution in [0, 0.1) is 21.4 Å². The number of ether oxygens (including phenoxy) is 1. The Balaban J connectivity index is 1.64. The monoisotopic (exact) mass is 463 g/mol. The number of nitro benzene ring substituents is 1. The number of para-hydroxylation sites is 1. The molecule has 0 aliphatic rings. The Kier molecular flexibility index (Phi) is 6.16. The molecule has 0 fully saturated rings. The number of hydrogen-bond donors (Lipinski definition) is 1. The highest BCUT2D eigenvalue weighted by Gasteiger charge is 2.15. The van der Waals surface area contributed by atoms with E-state index in [-0.39, 0.29) is 29.2 Å². The van der Waals surface area contributed by atoms with Crippen LogP contribution in [0.15, 0.2) is 54.0 Å². The Morgan fingerprint density at radius 1 is 1.31 bits per heavy atom. The number of nitrogens with zero attached hydrogens (tertiary/aromatic N) is 4. The SMILES string of the molecule is N#CC(=Cc1cc([N+](=O)[O-])ccc1OCC(=O)Nc1nccs1)c1nc2ccccc2s1. The van der Waals surface area contributed by atoms with E-state index in [0.29, 0.717) is 10.1 Å². The lowest BCUT2D eigenvalue weighted by atomic mass is 10.1. The quantitative estimate of drug-likeness (QED) is 0.238. The van der Waals surface area contributed by atoms with E-state index in [9.17, 15) is 20.2 Å². The van der Waals surface area contributed by atoms with Crippen LogP contribution in [0.2, 0.25) is 0 Å². The van der Waals surface area contributed by atoms with Crippen LogP contribution in [0.5, 0.6) is 5.75 Å². The maximum Gasteiger partial charge on any atom is 0.270 e. The molecule has 32 heavy (non-hydrogen) atoms. The number of nitrogens with one attached hydrogen (secondary N) is 1. The van der Waals surface area contributed by atoms with Crippen molar-refractivity contribution in [2.45, 2.75) is 0 Å². The summed E-state index contributed by atoms with van der Waals surface area (Å²) < 4.78 is 6.51. The number of non-ortho nitro benzene ring substituents is 1. The second kappa shape index (κ2) is 9.34. The van der Waals surface area contributed by atoms with Crippen LogP contribution in [0.4, 0.5) is 10.8 Å². The van der Waals surface area contributed by atoms with Gasteiger partial charge in [-0.2, -0.15) is 5.26 Å². The summed E-state index contributed by atoms with van der Waals surface area (Å²) in [5, 5.41) is 26.2. The van der Waals surface area contributed by atoms with Gasteiger partial charge in [-0.1, -0.05) is 12.1 Å². The molecule has 0 saturated heterocycles. The number of anilines is 1. The number of benzene rings is 2. The number of fused-ring (bicyclic) bond motifs is 1. The van der Waals surface area contributed by atoms with E-state index in [1.54, 1.807) is 11.6 Å². The van der Waals surface area contributed by atoms with Crippen molar-refractivity contribution in [3.63, 3.8) is 0 Å². The summed E-state index contributed by atoms with van der Waals surface area (Å²) in [6.07, 6.45) is 3.03. The van der Waals surface area contributed by atoms with E-state index in [1.807, 2.05) is 24.3 Å². The summed E-state index contributed by atoms with van der Waals surface area (Å²) >= 11 is 2.61. The summed E-state index contributed by atoms with van der Waals surface area (Å²) in [6, 6.07) is 13.5. The zero-order valence-electron chi connectivity index (χ0n) is 16.2. The van der Waals surface area contributed by atoms with E-state index in [2.05, 4.69) is 21.4 Å². The molecule has 0 bridgehead atoms. The van der Waals surface area contributed by atoms with E-state index >= 15 is 0 Å². The van der Waals surface area contributed by atoms with Crippen LogP contribution >= 0.6 is 22.7 Å². The van der Waals surface area contributed by atoms with Crippen molar-refractivity contribution in [3.05, 3.63) is 74.7 Å². The van der Waals surface area contributed by atoms with Crippen molar-refractivity contribution in [1.29, 1.82) is 5.26 Å². The number of allylic oxidation sites excluding steroid dienone is 1. The first-order valence-electron chi connectivity index (χ1n) is 9.12. The van der Waals surface area contributed by atoms with Gasteiger partial charge in [0, 0.05) is 29.3 Å². The predicted molar refractivity (Wildman–Crippen MR) is 122 cm³/mol. The lowest BCUT2D eigenvalue weighted by Crippen LogP contribution is -2.20. The maximum atomic E-state index is 12.1. The molecule has 1 amide bonds. The number of rotatable bonds is 7. The van der Waals surface area contributed by atoms with Crippen LogP contribution < -0.4 is 10.1 Å². The molecular formula is C21H13N5O4S2. The largest absolute Gasteiger partial charge is 0.483 e. The van der Waals surface area contributed by atoms with Crippen LogP contribution in [-0.2, 0) is 4.79 Å². The lowest BCUT2D eigenvalue weighted by Gasteiger charge is -2.09. The van der Waals surface area contributed by atoms with Crippen LogP contribution in [-0.4, -0.2) is 27.4 Å². The van der Waals surface area contributed by atoms with Gasteiger partial charge in [0.1, 0.15) is 16.8 Å². The fourth-order valence-corrected chi connectivity index (χ4v) is 4.24. The number of aromatic nitrogens is 2. The Morgan fingerprint density at radius 3 is 2.88 bits per heavy atom. The van der Waals surface area contributed by atoms with Gasteiger partial charge in [-0.05, 0) is 24.3 Å². The standard InChI is InChI=1S/C21H13N5O4S2/c22-11-14(20-24-16-3-1-2-4-18(16)32-20)9-13-10-15(26(28)29)5-6-17(13)30-12-19(27)25-21-23-7-8-31-21/h1-10H,12H2,(H,23,25,27). The van der Waals surface area contributed by atoms with Crippen molar-refractivity contribution < 1.29 is 14.5 Å². The van der Waals surface area contributed by atoms with Gasteiger partial charge in [-0.15, -0.1) is 22.7 Å². The molecule has 0 aliphatic heterocycles. The predicted octanol–water partition coefficient (Wildman–Crippen LogP) is 4.74. The molecule has 11 heteroatoms. The lowest BCUT2D eigenvalue weighted by molar-refractivity contribution is -0.384. The average Bonchev–Trinajstić information content (AvgIpc) is 3.45. The molecule has 0 saturated carbocycles. The summed E-state index contributed by atoms with van der Waals surface area (Å²) in [5.41, 5.74) is 1.10. The molecule has 2 heterocycles. The van der Waals surface area contributed by atoms with Crippen LogP contribution in [0.25, 0.3) is 21.9 Å². The summed E-state index contributed by atoms with van der Waals surface area (Å²) in [4.78, 5) is 31.3. The van der Waals surface area contributed by atoms with Crippen molar-refractivity contribution in [3.8, 4) is 11.8 Å². The van der Waals surface area contributed by atoms with Crippen molar-refractivity contribution in [2.24, 2.45) is 0 Å². The molecule has 0 atom stereocenters. The molecule has 0 radical (unpaired) electrons. The van der Waals surface area contributed by atoms with Crippen LogP contribution in [0.1, 0.15) is 10.6 Å². The molecule has 0 aliphatic carbocycles. The highest BCUT2D eigenvalue weighted by Crippen LogP contribution is 2.31. The van der Waals surface area contributed by atoms with E-state index in [0.717, 1.165) is 10.2 Å². The number of nitriles is 1. The fraction of sp³-hybridized carbons (Fsp3) is 0.0476. The molecule has 0 unspecified atom stereocenters. The van der Waals surface area contributed by atoms with Gasteiger partial charge in [-0.25, -0.2) is 9.97 Å². The van der Waals surface area contributed by atoms with Crippen molar-refractivity contribution in [2.75, 3.05) is 11.9 Å². The first-order valence-corrected chi connectivity index (χ1v) is 10.8. The zero-order valence-corrected chi connectivity index (χ0v) is 17.9. The first-order chi connectivity index (χ1) is 15.5. The van der Waals surface area contributed by atoms with E-state index < -0.39 is 10.8 Å². The zero-order chi connectivity index (χ0) is 22.5. The van der Waals surface area contributed by atoms with Gasteiger partial charge in [0.25, 0.3) is 11.6 Å². The van der Waals surface area contributed by atoms with E-state index in [4.69, 9.17) is 4.74 Å². The molecule has 158 valence electrons. The molecule has 2 aromatic heterocycles. The minimum absolute atomic E-state index is 0.169. The maximum absolute atomic E-state index is 12.1. The Labute approximate surface area is 189 Å². The summed E-state index contributed by atoms with van der Waals surface area (Å²) in [7, 11) is 0. The fourth-order valence-electron chi connectivity index (χ4n) is 2.76. The molecular weight excluding hydrogens is 450 g/mol. The second-order valence-corrected chi connectivity index (χ2v) is 8.24. The van der Waals surface area contributed by atoms with Gasteiger partial charge in [0.15, 0.2) is 11.7 Å². The Hall–Kier alpha value is -4.14. The molecule has 9 nitrogen and oxygen atoms in total. The van der Waals surface area contributed by atoms with Gasteiger partial charge < -0.3 is 4.74 Å². The van der Waals surface area contributed by atoms with E-state index in [1.165, 1.54) is 46.9 Å². The third-order valence-corrected chi connectivity index (χ3v) is 5.94.